The Labute approximate surface area is 117 Å². The predicted octanol–water partition coefficient (Wildman–Crippen LogP) is 0.765. The van der Waals surface area contributed by atoms with Gasteiger partial charge < -0.3 is 5.11 Å². The zero-order valence-corrected chi connectivity index (χ0v) is 11.4. The lowest BCUT2D eigenvalue weighted by Crippen LogP contribution is -2.13. The molecule has 1 heterocycles. The van der Waals surface area contributed by atoms with E-state index in [1.807, 2.05) is 0 Å². The molecule has 0 fully saturated rings. The molecule has 1 aromatic heterocycles. The standard InChI is InChI=1S/C11H9F2N3O4S/c1-16-9(14-5-15-16)4-21(19,20)8-3-6(11(17)18)2-7(12)10(8)13/h2-3,5H,4H2,1H3,(H,17,18). The van der Waals surface area contributed by atoms with Crippen molar-refractivity contribution in [2.24, 2.45) is 7.05 Å². The van der Waals surface area contributed by atoms with Crippen LogP contribution < -0.4 is 0 Å². The number of nitrogens with zero attached hydrogens (tertiary/aromatic N) is 3. The number of hydrogen-bond donors (Lipinski definition) is 1. The van der Waals surface area contributed by atoms with Crippen molar-refractivity contribution in [1.29, 1.82) is 0 Å². The van der Waals surface area contributed by atoms with Gasteiger partial charge in [-0.15, -0.1) is 0 Å². The highest BCUT2D eigenvalue weighted by Crippen LogP contribution is 2.23. The van der Waals surface area contributed by atoms with Crippen LogP contribution >= 0.6 is 0 Å². The largest absolute Gasteiger partial charge is 0.478 e. The van der Waals surface area contributed by atoms with E-state index >= 15 is 0 Å². The second-order valence-corrected chi connectivity index (χ2v) is 6.09. The Morgan fingerprint density at radius 2 is 2.05 bits per heavy atom. The van der Waals surface area contributed by atoms with E-state index in [0.717, 1.165) is 11.0 Å². The molecule has 0 spiro atoms. The molecule has 2 rings (SSSR count). The molecule has 10 heteroatoms. The van der Waals surface area contributed by atoms with Crippen LogP contribution in [0.1, 0.15) is 16.2 Å². The molecule has 0 atom stereocenters. The van der Waals surface area contributed by atoms with Gasteiger partial charge in [-0.25, -0.2) is 27.0 Å². The van der Waals surface area contributed by atoms with Crippen molar-refractivity contribution in [3.05, 3.63) is 41.5 Å². The Morgan fingerprint density at radius 3 is 2.57 bits per heavy atom. The van der Waals surface area contributed by atoms with Crippen LogP contribution in [0.15, 0.2) is 23.4 Å². The number of carbonyl (C=O) groups is 1. The summed E-state index contributed by atoms with van der Waals surface area (Å²) in [5, 5.41) is 12.4. The van der Waals surface area contributed by atoms with E-state index in [0.29, 0.717) is 12.1 Å². The first-order valence-corrected chi connectivity index (χ1v) is 7.15. The van der Waals surface area contributed by atoms with E-state index in [-0.39, 0.29) is 5.82 Å². The van der Waals surface area contributed by atoms with Crippen LogP contribution in [0.3, 0.4) is 0 Å². The number of carboxylic acid groups (broad SMARTS) is 1. The number of aromatic nitrogens is 3. The summed E-state index contributed by atoms with van der Waals surface area (Å²) < 4.78 is 52.4. The first-order valence-electron chi connectivity index (χ1n) is 5.50. The SMILES string of the molecule is Cn1ncnc1CS(=O)(=O)c1cc(C(=O)O)cc(F)c1F. The summed E-state index contributed by atoms with van der Waals surface area (Å²) in [7, 11) is -2.88. The van der Waals surface area contributed by atoms with Crippen LogP contribution in [-0.4, -0.2) is 34.3 Å². The van der Waals surface area contributed by atoms with Crippen molar-refractivity contribution in [2.75, 3.05) is 0 Å². The van der Waals surface area contributed by atoms with Crippen LogP contribution in [0.5, 0.6) is 0 Å². The highest BCUT2D eigenvalue weighted by molar-refractivity contribution is 7.90. The average molecular weight is 317 g/mol. The second-order valence-electron chi connectivity index (χ2n) is 4.13. The van der Waals surface area contributed by atoms with Gasteiger partial charge in [-0.05, 0) is 12.1 Å². The highest BCUT2D eigenvalue weighted by atomic mass is 32.2. The number of aromatic carboxylic acids is 1. The van der Waals surface area contributed by atoms with Crippen LogP contribution in [0.4, 0.5) is 8.78 Å². The van der Waals surface area contributed by atoms with Gasteiger partial charge >= 0.3 is 5.97 Å². The summed E-state index contributed by atoms with van der Waals surface area (Å²) in [6.07, 6.45) is 1.11. The summed E-state index contributed by atoms with van der Waals surface area (Å²) in [6.45, 7) is 0. The number of hydrogen-bond acceptors (Lipinski definition) is 5. The molecular weight excluding hydrogens is 308 g/mol. The zero-order chi connectivity index (χ0) is 15.8. The van der Waals surface area contributed by atoms with E-state index in [9.17, 15) is 22.0 Å². The van der Waals surface area contributed by atoms with Crippen molar-refractivity contribution >= 4 is 15.8 Å². The first kappa shape index (κ1) is 15.0. The fourth-order valence-electron chi connectivity index (χ4n) is 1.61. The number of benzene rings is 1. The van der Waals surface area contributed by atoms with Crippen molar-refractivity contribution in [1.82, 2.24) is 14.8 Å². The molecule has 0 unspecified atom stereocenters. The zero-order valence-electron chi connectivity index (χ0n) is 10.6. The molecule has 2 aromatic rings. The predicted molar refractivity (Wildman–Crippen MR) is 65.2 cm³/mol. The van der Waals surface area contributed by atoms with E-state index in [4.69, 9.17) is 5.11 Å². The van der Waals surface area contributed by atoms with Gasteiger partial charge in [-0.2, -0.15) is 5.10 Å². The summed E-state index contributed by atoms with van der Waals surface area (Å²) in [5.74, 6) is -5.46. The molecule has 0 saturated heterocycles. The van der Waals surface area contributed by atoms with Crippen LogP contribution in [0.2, 0.25) is 0 Å². The monoisotopic (exact) mass is 317 g/mol. The maximum atomic E-state index is 13.7. The van der Waals surface area contributed by atoms with E-state index in [1.54, 1.807) is 0 Å². The lowest BCUT2D eigenvalue weighted by Gasteiger charge is -2.07. The van der Waals surface area contributed by atoms with E-state index in [1.165, 1.54) is 7.05 Å². The van der Waals surface area contributed by atoms with Crippen molar-refractivity contribution in [3.63, 3.8) is 0 Å². The number of carboxylic acids is 1. The molecule has 1 N–H and O–H groups in total. The van der Waals surface area contributed by atoms with Gasteiger partial charge in [-0.3, -0.25) is 4.68 Å². The minimum Gasteiger partial charge on any atom is -0.478 e. The maximum absolute atomic E-state index is 13.7. The van der Waals surface area contributed by atoms with Gasteiger partial charge in [-0.1, -0.05) is 0 Å². The highest BCUT2D eigenvalue weighted by Gasteiger charge is 2.26. The minimum absolute atomic E-state index is 0.00976. The summed E-state index contributed by atoms with van der Waals surface area (Å²) in [4.78, 5) is 13.5. The number of sulfone groups is 1. The second kappa shape index (κ2) is 5.20. The fourth-order valence-corrected chi connectivity index (χ4v) is 3.05. The molecule has 0 aliphatic carbocycles. The van der Waals surface area contributed by atoms with Crippen LogP contribution in [0.25, 0.3) is 0 Å². The summed E-state index contributed by atoms with van der Waals surface area (Å²) >= 11 is 0. The first-order chi connectivity index (χ1) is 9.72. The quantitative estimate of drug-likeness (QED) is 0.893. The molecule has 0 saturated carbocycles. The maximum Gasteiger partial charge on any atom is 0.335 e. The normalized spacial score (nSPS) is 11.6. The molecule has 7 nitrogen and oxygen atoms in total. The molecular formula is C11H9F2N3O4S. The summed E-state index contributed by atoms with van der Waals surface area (Å²) in [6, 6.07) is 0.992. The Kier molecular flexibility index (Phi) is 3.73. The van der Waals surface area contributed by atoms with Gasteiger partial charge in [0.2, 0.25) is 0 Å². The summed E-state index contributed by atoms with van der Waals surface area (Å²) in [5.41, 5.74) is -0.662. The third-order valence-corrected chi connectivity index (χ3v) is 4.31. The molecule has 112 valence electrons. The molecule has 0 bridgehead atoms. The van der Waals surface area contributed by atoms with Gasteiger partial charge in [0.1, 0.15) is 22.8 Å². The smallest absolute Gasteiger partial charge is 0.335 e. The third-order valence-electron chi connectivity index (χ3n) is 2.70. The molecule has 0 aliphatic rings. The molecule has 1 aromatic carbocycles. The van der Waals surface area contributed by atoms with E-state index in [2.05, 4.69) is 10.1 Å². The third kappa shape index (κ3) is 2.89. The van der Waals surface area contributed by atoms with Gasteiger partial charge in [0.15, 0.2) is 21.5 Å². The van der Waals surface area contributed by atoms with E-state index < -0.39 is 43.7 Å². The van der Waals surface area contributed by atoms with Crippen molar-refractivity contribution in [2.45, 2.75) is 10.6 Å². The Morgan fingerprint density at radius 1 is 1.38 bits per heavy atom. The number of rotatable bonds is 4. The van der Waals surface area contributed by atoms with Gasteiger partial charge in [0.05, 0.1) is 5.56 Å². The van der Waals surface area contributed by atoms with Crippen molar-refractivity contribution < 1.29 is 27.1 Å². The lowest BCUT2D eigenvalue weighted by atomic mass is 10.2. The average Bonchev–Trinajstić information content (AvgIpc) is 2.77. The van der Waals surface area contributed by atoms with Gasteiger partial charge in [0.25, 0.3) is 0 Å². The minimum atomic E-state index is -4.32. The Bertz CT molecular complexity index is 817. The Hall–Kier alpha value is -2.36. The topological polar surface area (TPSA) is 102 Å². The lowest BCUT2D eigenvalue weighted by molar-refractivity contribution is 0.0696. The molecule has 0 radical (unpaired) electrons. The van der Waals surface area contributed by atoms with Crippen molar-refractivity contribution in [3.8, 4) is 0 Å². The molecule has 0 amide bonds. The molecule has 0 aliphatic heterocycles. The van der Waals surface area contributed by atoms with Gasteiger partial charge in [0, 0.05) is 7.05 Å². The molecule has 21 heavy (non-hydrogen) atoms. The van der Waals surface area contributed by atoms with Crippen LogP contribution in [0, 0.1) is 11.6 Å². The Balaban J connectivity index is 2.54. The fraction of sp³-hybridized carbons (Fsp3) is 0.182. The number of halogens is 2. The number of aryl methyl sites for hydroxylation is 1. The van der Waals surface area contributed by atoms with Crippen LogP contribution in [-0.2, 0) is 22.6 Å².